The summed E-state index contributed by atoms with van der Waals surface area (Å²) in [7, 11) is -2.90. The third-order valence-electron chi connectivity index (χ3n) is 1.97. The average Bonchev–Trinajstić information content (AvgIpc) is 2.29. The van der Waals surface area contributed by atoms with Gasteiger partial charge in [-0.05, 0) is 11.6 Å². The maximum Gasteiger partial charge on any atom is 0.310 e. The Morgan fingerprint density at radius 1 is 1.41 bits per heavy atom. The number of ether oxygens (including phenoxy) is 1. The third-order valence-corrected chi connectivity index (χ3v) is 3.24. The number of carbonyl (C=O) groups is 1. The molecule has 0 saturated carbocycles. The van der Waals surface area contributed by atoms with Gasteiger partial charge in [-0.1, -0.05) is 22.6 Å². The van der Waals surface area contributed by atoms with Gasteiger partial charge in [-0.25, -0.2) is 4.79 Å². The molecule has 0 amide bonds. The van der Waals surface area contributed by atoms with Crippen LogP contribution in [0.15, 0.2) is 33.6 Å². The molecule has 0 N–H and O–H groups in total. The van der Waals surface area contributed by atoms with Gasteiger partial charge in [0.05, 0.1) is 18.4 Å². The topological polar surface area (TPSA) is 89.9 Å². The van der Waals surface area contributed by atoms with E-state index in [1.54, 1.807) is 6.07 Å². The van der Waals surface area contributed by atoms with Crippen LogP contribution in [-0.2, 0) is 30.8 Å². The molecule has 0 aromatic heterocycles. The van der Waals surface area contributed by atoms with E-state index in [1.165, 1.54) is 25.3 Å². The molecular weight excluding hydrogens is 246 g/mol. The summed E-state index contributed by atoms with van der Waals surface area (Å²) >= 11 is 0. The van der Waals surface area contributed by atoms with Crippen LogP contribution in [0.2, 0.25) is 0 Å². The van der Waals surface area contributed by atoms with Crippen LogP contribution in [0.25, 0.3) is 0 Å². The highest BCUT2D eigenvalue weighted by atomic mass is 32.2. The zero-order valence-corrected chi connectivity index (χ0v) is 9.73. The second-order valence-electron chi connectivity index (χ2n) is 3.02. The van der Waals surface area contributed by atoms with E-state index in [0.717, 1.165) is 6.08 Å². The summed E-state index contributed by atoms with van der Waals surface area (Å²) in [5.41, 5.74) is 0.221. The maximum absolute atomic E-state index is 11.5. The van der Waals surface area contributed by atoms with E-state index in [2.05, 4.69) is 9.13 Å². The molecule has 0 fully saturated rings. The van der Waals surface area contributed by atoms with Crippen molar-refractivity contribution in [1.82, 2.24) is 0 Å². The molecule has 0 heterocycles. The fourth-order valence-electron chi connectivity index (χ4n) is 1.23. The van der Waals surface area contributed by atoms with E-state index in [4.69, 9.17) is 0 Å². The lowest BCUT2D eigenvalue weighted by Gasteiger charge is -2.05. The average molecular weight is 255 g/mol. The first-order valence-electron chi connectivity index (χ1n) is 4.50. The number of methoxy groups -OCH3 is 1. The van der Waals surface area contributed by atoms with Gasteiger partial charge in [0, 0.05) is 0 Å². The van der Waals surface area contributed by atoms with Crippen molar-refractivity contribution >= 4 is 22.1 Å². The van der Waals surface area contributed by atoms with Crippen LogP contribution < -0.4 is 0 Å². The molecular formula is C10H9NO5S. The standard InChI is InChI=1S/C10H9NO5S/c1-16-10(13)6-8-4-2-3-5-9(8)17(14,15)11-7-12/h2-5H,6H2,1H3. The van der Waals surface area contributed by atoms with Crippen molar-refractivity contribution in [3.05, 3.63) is 29.8 Å². The van der Waals surface area contributed by atoms with Crippen molar-refractivity contribution in [1.29, 1.82) is 0 Å². The zero-order chi connectivity index (χ0) is 12.9. The van der Waals surface area contributed by atoms with E-state index in [1.807, 2.05) is 0 Å². The molecule has 0 aliphatic carbocycles. The Kier molecular flexibility index (Phi) is 4.14. The summed E-state index contributed by atoms with van der Waals surface area (Å²) in [5, 5.41) is 0. The Balaban J connectivity index is 3.26. The molecule has 1 aromatic rings. The molecule has 90 valence electrons. The minimum atomic E-state index is -4.10. The lowest BCUT2D eigenvalue weighted by atomic mass is 10.1. The number of carbonyl (C=O) groups excluding carboxylic acids is 2. The van der Waals surface area contributed by atoms with Gasteiger partial charge in [0.25, 0.3) is 16.1 Å². The van der Waals surface area contributed by atoms with Gasteiger partial charge in [0.2, 0.25) is 0 Å². The summed E-state index contributed by atoms with van der Waals surface area (Å²) < 4.78 is 30.3. The van der Waals surface area contributed by atoms with Crippen LogP contribution in [0.1, 0.15) is 5.56 Å². The maximum atomic E-state index is 11.5. The quantitative estimate of drug-likeness (QED) is 0.442. The highest BCUT2D eigenvalue weighted by Crippen LogP contribution is 2.18. The van der Waals surface area contributed by atoms with Crippen LogP contribution in [-0.4, -0.2) is 27.6 Å². The van der Waals surface area contributed by atoms with Gasteiger partial charge < -0.3 is 4.74 Å². The Labute approximate surface area is 98.0 Å². The summed E-state index contributed by atoms with van der Waals surface area (Å²) in [5.74, 6) is -0.581. The second-order valence-corrected chi connectivity index (χ2v) is 4.59. The van der Waals surface area contributed by atoms with Crippen molar-refractivity contribution in [3.63, 3.8) is 0 Å². The summed E-state index contributed by atoms with van der Waals surface area (Å²) in [4.78, 5) is 20.9. The molecule has 0 saturated heterocycles. The minimum absolute atomic E-state index is 0.200. The number of benzene rings is 1. The largest absolute Gasteiger partial charge is 0.469 e. The van der Waals surface area contributed by atoms with Crippen molar-refractivity contribution in [2.24, 2.45) is 4.40 Å². The molecule has 7 heteroatoms. The van der Waals surface area contributed by atoms with Crippen LogP contribution in [0, 0.1) is 0 Å². The number of hydrogen-bond acceptors (Lipinski definition) is 5. The SMILES string of the molecule is COC(=O)Cc1ccccc1S(=O)(=O)N=C=O. The molecule has 17 heavy (non-hydrogen) atoms. The van der Waals surface area contributed by atoms with E-state index in [-0.39, 0.29) is 16.9 Å². The molecule has 0 spiro atoms. The zero-order valence-electron chi connectivity index (χ0n) is 8.91. The molecule has 0 unspecified atom stereocenters. The lowest BCUT2D eigenvalue weighted by molar-refractivity contribution is -0.139. The summed E-state index contributed by atoms with van der Waals surface area (Å²) in [6.07, 6.45) is 0.764. The molecule has 0 aliphatic rings. The Hall–Kier alpha value is -1.98. The van der Waals surface area contributed by atoms with Gasteiger partial charge in [0.15, 0.2) is 0 Å². The van der Waals surface area contributed by atoms with Crippen LogP contribution in [0.5, 0.6) is 0 Å². The Morgan fingerprint density at radius 3 is 2.65 bits per heavy atom. The summed E-state index contributed by atoms with van der Waals surface area (Å²) in [6, 6.07) is 5.74. The number of isocyanates is 1. The first kappa shape index (κ1) is 13.1. The predicted molar refractivity (Wildman–Crippen MR) is 57.5 cm³/mol. The van der Waals surface area contributed by atoms with Crippen molar-refractivity contribution in [2.45, 2.75) is 11.3 Å². The van der Waals surface area contributed by atoms with Gasteiger partial charge in [-0.15, -0.1) is 0 Å². The third kappa shape index (κ3) is 3.24. The second kappa shape index (κ2) is 5.38. The fraction of sp³-hybridized carbons (Fsp3) is 0.200. The first-order chi connectivity index (χ1) is 8.01. The normalized spacial score (nSPS) is 10.4. The van der Waals surface area contributed by atoms with E-state index in [9.17, 15) is 18.0 Å². The number of nitrogens with zero attached hydrogens (tertiary/aromatic N) is 1. The smallest absolute Gasteiger partial charge is 0.310 e. The molecule has 0 aliphatic heterocycles. The van der Waals surface area contributed by atoms with E-state index in [0.29, 0.717) is 0 Å². The summed E-state index contributed by atoms with van der Waals surface area (Å²) in [6.45, 7) is 0. The fourth-order valence-corrected chi connectivity index (χ4v) is 2.15. The van der Waals surface area contributed by atoms with Crippen LogP contribution in [0.4, 0.5) is 0 Å². The first-order valence-corrected chi connectivity index (χ1v) is 5.94. The van der Waals surface area contributed by atoms with Crippen LogP contribution >= 0.6 is 0 Å². The van der Waals surface area contributed by atoms with Crippen LogP contribution in [0.3, 0.4) is 0 Å². The lowest BCUT2D eigenvalue weighted by Crippen LogP contribution is -2.09. The highest BCUT2D eigenvalue weighted by Gasteiger charge is 2.18. The van der Waals surface area contributed by atoms with Crippen molar-refractivity contribution < 1.29 is 22.7 Å². The minimum Gasteiger partial charge on any atom is -0.469 e. The number of sulfonamides is 1. The number of rotatable bonds is 4. The van der Waals surface area contributed by atoms with Gasteiger partial charge in [-0.3, -0.25) is 4.79 Å². The number of hydrogen-bond donors (Lipinski definition) is 0. The van der Waals surface area contributed by atoms with Gasteiger partial charge >= 0.3 is 5.97 Å². The Bertz CT molecular complexity index is 572. The number of esters is 1. The molecule has 0 bridgehead atoms. The van der Waals surface area contributed by atoms with Gasteiger partial charge in [-0.2, -0.15) is 8.42 Å². The Morgan fingerprint density at radius 2 is 2.06 bits per heavy atom. The molecule has 1 aromatic carbocycles. The predicted octanol–water partition coefficient (Wildman–Crippen LogP) is 0.427. The van der Waals surface area contributed by atoms with E-state index >= 15 is 0 Å². The molecule has 0 radical (unpaired) electrons. The van der Waals surface area contributed by atoms with Gasteiger partial charge in [0.1, 0.15) is 0 Å². The van der Waals surface area contributed by atoms with Crippen molar-refractivity contribution in [3.8, 4) is 0 Å². The van der Waals surface area contributed by atoms with E-state index < -0.39 is 16.0 Å². The molecule has 6 nitrogen and oxygen atoms in total. The molecule has 1 rings (SSSR count). The molecule has 0 atom stereocenters. The highest BCUT2D eigenvalue weighted by molar-refractivity contribution is 7.90. The van der Waals surface area contributed by atoms with Crippen molar-refractivity contribution in [2.75, 3.05) is 7.11 Å². The monoisotopic (exact) mass is 255 g/mol.